The quantitative estimate of drug-likeness (QED) is 0.830. The van der Waals surface area contributed by atoms with E-state index in [2.05, 4.69) is 40.4 Å². The maximum atomic E-state index is 5.09. The van der Waals surface area contributed by atoms with Crippen molar-refractivity contribution in [3.63, 3.8) is 0 Å². The Morgan fingerprint density at radius 3 is 3.06 bits per heavy atom. The number of imidazole rings is 1. The second-order valence-electron chi connectivity index (χ2n) is 4.41. The molecule has 2 N–H and O–H groups in total. The lowest BCUT2D eigenvalue weighted by molar-refractivity contribution is 0.171. The minimum Gasteiger partial charge on any atom is -0.383 e. The van der Waals surface area contributed by atoms with Crippen LogP contribution in [-0.4, -0.2) is 29.7 Å². The summed E-state index contributed by atoms with van der Waals surface area (Å²) in [5.41, 5.74) is 3.38. The van der Waals surface area contributed by atoms with Crippen molar-refractivity contribution >= 4 is 11.0 Å². The summed E-state index contributed by atoms with van der Waals surface area (Å²) >= 11 is 0. The molecule has 0 aliphatic carbocycles. The van der Waals surface area contributed by atoms with Crippen molar-refractivity contribution in [2.45, 2.75) is 26.4 Å². The molecule has 0 radical (unpaired) electrons. The van der Waals surface area contributed by atoms with Crippen LogP contribution in [0.15, 0.2) is 18.2 Å². The minimum atomic E-state index is 0.360. The Bertz CT molecular complexity index is 492. The number of aromatic amines is 1. The van der Waals surface area contributed by atoms with Gasteiger partial charge < -0.3 is 15.0 Å². The second-order valence-corrected chi connectivity index (χ2v) is 4.41. The number of hydrogen-bond donors (Lipinski definition) is 2. The number of nitrogens with zero attached hydrogens (tertiary/aromatic N) is 1. The number of H-pyrrole nitrogens is 1. The Balaban J connectivity index is 2.03. The predicted octanol–water partition coefficient (Wildman–Crippen LogP) is 2.00. The van der Waals surface area contributed by atoms with Gasteiger partial charge in [-0.1, -0.05) is 6.07 Å². The van der Waals surface area contributed by atoms with Crippen LogP contribution < -0.4 is 5.32 Å². The van der Waals surface area contributed by atoms with Crippen LogP contribution in [-0.2, 0) is 11.3 Å². The topological polar surface area (TPSA) is 49.9 Å². The number of ether oxygens (including phenoxy) is 1. The predicted molar refractivity (Wildman–Crippen MR) is 69.0 cm³/mol. The van der Waals surface area contributed by atoms with Crippen molar-refractivity contribution in [3.05, 3.63) is 29.6 Å². The van der Waals surface area contributed by atoms with Crippen LogP contribution in [0.4, 0.5) is 0 Å². The summed E-state index contributed by atoms with van der Waals surface area (Å²) < 4.78 is 5.09. The van der Waals surface area contributed by atoms with Crippen molar-refractivity contribution in [2.24, 2.45) is 0 Å². The van der Waals surface area contributed by atoms with E-state index in [-0.39, 0.29) is 0 Å². The number of aromatic nitrogens is 2. The third-order valence-electron chi connectivity index (χ3n) is 2.74. The molecule has 1 heterocycles. The van der Waals surface area contributed by atoms with Crippen molar-refractivity contribution in [1.29, 1.82) is 0 Å². The van der Waals surface area contributed by atoms with Gasteiger partial charge in [0.2, 0.25) is 0 Å². The van der Waals surface area contributed by atoms with Crippen LogP contribution in [0.25, 0.3) is 11.0 Å². The Labute approximate surface area is 101 Å². The molecular formula is C13H19N3O. The van der Waals surface area contributed by atoms with Gasteiger partial charge in [-0.2, -0.15) is 0 Å². The highest BCUT2D eigenvalue weighted by atomic mass is 16.5. The molecule has 17 heavy (non-hydrogen) atoms. The fourth-order valence-corrected chi connectivity index (χ4v) is 1.90. The van der Waals surface area contributed by atoms with E-state index in [4.69, 9.17) is 4.74 Å². The zero-order valence-electron chi connectivity index (χ0n) is 10.6. The highest BCUT2D eigenvalue weighted by Crippen LogP contribution is 2.13. The van der Waals surface area contributed by atoms with Gasteiger partial charge in [0.15, 0.2) is 0 Å². The van der Waals surface area contributed by atoms with Gasteiger partial charge in [-0.25, -0.2) is 4.98 Å². The number of hydrogen-bond acceptors (Lipinski definition) is 3. The smallest absolute Gasteiger partial charge is 0.104 e. The standard InChI is InChI=1S/C13H19N3O/c1-9(8-17-3)14-7-11-4-5-12-13(6-11)16-10(2)15-12/h4-6,9,14H,7-8H2,1-3H3,(H,15,16). The summed E-state index contributed by atoms with van der Waals surface area (Å²) in [6.45, 7) is 5.66. The van der Waals surface area contributed by atoms with Gasteiger partial charge >= 0.3 is 0 Å². The lowest BCUT2D eigenvalue weighted by atomic mass is 10.2. The molecule has 0 amide bonds. The third-order valence-corrected chi connectivity index (χ3v) is 2.74. The first kappa shape index (κ1) is 12.1. The van der Waals surface area contributed by atoms with E-state index in [9.17, 15) is 0 Å². The fraction of sp³-hybridized carbons (Fsp3) is 0.462. The van der Waals surface area contributed by atoms with E-state index in [0.29, 0.717) is 6.04 Å². The number of fused-ring (bicyclic) bond motifs is 1. The van der Waals surface area contributed by atoms with Gasteiger partial charge in [0, 0.05) is 19.7 Å². The summed E-state index contributed by atoms with van der Waals surface area (Å²) in [6.07, 6.45) is 0. The number of aryl methyl sites for hydroxylation is 1. The normalized spacial score (nSPS) is 13.1. The van der Waals surface area contributed by atoms with Crippen LogP contribution in [0.2, 0.25) is 0 Å². The van der Waals surface area contributed by atoms with E-state index in [0.717, 1.165) is 30.0 Å². The van der Waals surface area contributed by atoms with Crippen LogP contribution in [0, 0.1) is 6.92 Å². The number of rotatable bonds is 5. The highest BCUT2D eigenvalue weighted by Gasteiger charge is 2.03. The first-order valence-corrected chi connectivity index (χ1v) is 5.86. The molecule has 0 bridgehead atoms. The minimum absolute atomic E-state index is 0.360. The van der Waals surface area contributed by atoms with Crippen molar-refractivity contribution in [1.82, 2.24) is 15.3 Å². The van der Waals surface area contributed by atoms with E-state index < -0.39 is 0 Å². The molecule has 0 fully saturated rings. The van der Waals surface area contributed by atoms with Crippen LogP contribution >= 0.6 is 0 Å². The summed E-state index contributed by atoms with van der Waals surface area (Å²) in [5, 5.41) is 3.41. The molecule has 2 rings (SSSR count). The van der Waals surface area contributed by atoms with E-state index >= 15 is 0 Å². The average Bonchev–Trinajstić information content (AvgIpc) is 2.66. The Morgan fingerprint density at radius 1 is 1.47 bits per heavy atom. The molecule has 4 nitrogen and oxygen atoms in total. The van der Waals surface area contributed by atoms with Crippen molar-refractivity contribution in [3.8, 4) is 0 Å². The Morgan fingerprint density at radius 2 is 2.29 bits per heavy atom. The molecule has 2 aromatic rings. The summed E-state index contributed by atoms with van der Waals surface area (Å²) in [6, 6.07) is 6.66. The second kappa shape index (κ2) is 5.29. The molecule has 1 aromatic heterocycles. The zero-order valence-corrected chi connectivity index (χ0v) is 10.6. The molecular weight excluding hydrogens is 214 g/mol. The average molecular weight is 233 g/mol. The molecule has 4 heteroatoms. The number of benzene rings is 1. The first-order valence-electron chi connectivity index (χ1n) is 5.86. The Kier molecular flexibility index (Phi) is 3.76. The van der Waals surface area contributed by atoms with E-state index in [1.54, 1.807) is 7.11 Å². The molecule has 1 aromatic carbocycles. The molecule has 0 aliphatic heterocycles. The fourth-order valence-electron chi connectivity index (χ4n) is 1.90. The van der Waals surface area contributed by atoms with Crippen molar-refractivity contribution in [2.75, 3.05) is 13.7 Å². The first-order chi connectivity index (χ1) is 8.19. The van der Waals surface area contributed by atoms with Crippen LogP contribution in [0.1, 0.15) is 18.3 Å². The summed E-state index contributed by atoms with van der Waals surface area (Å²) in [4.78, 5) is 7.63. The summed E-state index contributed by atoms with van der Waals surface area (Å²) in [5.74, 6) is 0.956. The largest absolute Gasteiger partial charge is 0.383 e. The van der Waals surface area contributed by atoms with Gasteiger partial charge in [0.05, 0.1) is 17.6 Å². The van der Waals surface area contributed by atoms with Crippen LogP contribution in [0.3, 0.4) is 0 Å². The molecule has 0 saturated heterocycles. The van der Waals surface area contributed by atoms with Gasteiger partial charge in [-0.15, -0.1) is 0 Å². The molecule has 0 spiro atoms. The van der Waals surface area contributed by atoms with E-state index in [1.165, 1.54) is 5.56 Å². The van der Waals surface area contributed by atoms with E-state index in [1.807, 2.05) is 6.92 Å². The molecule has 1 unspecified atom stereocenters. The molecule has 92 valence electrons. The zero-order chi connectivity index (χ0) is 12.3. The molecule has 1 atom stereocenters. The molecule has 0 aliphatic rings. The van der Waals surface area contributed by atoms with Gasteiger partial charge in [-0.3, -0.25) is 0 Å². The maximum Gasteiger partial charge on any atom is 0.104 e. The number of nitrogens with one attached hydrogen (secondary N) is 2. The third kappa shape index (κ3) is 3.05. The van der Waals surface area contributed by atoms with Gasteiger partial charge in [0.25, 0.3) is 0 Å². The SMILES string of the molecule is COCC(C)NCc1ccc2nc(C)[nH]c2c1. The highest BCUT2D eigenvalue weighted by molar-refractivity contribution is 5.75. The number of methoxy groups -OCH3 is 1. The van der Waals surface area contributed by atoms with Gasteiger partial charge in [-0.05, 0) is 31.5 Å². The van der Waals surface area contributed by atoms with Crippen LogP contribution in [0.5, 0.6) is 0 Å². The monoisotopic (exact) mass is 233 g/mol. The van der Waals surface area contributed by atoms with Crippen molar-refractivity contribution < 1.29 is 4.74 Å². The summed E-state index contributed by atoms with van der Waals surface area (Å²) in [7, 11) is 1.72. The Hall–Kier alpha value is -1.39. The lowest BCUT2D eigenvalue weighted by Crippen LogP contribution is -2.29. The maximum absolute atomic E-state index is 5.09. The van der Waals surface area contributed by atoms with Gasteiger partial charge in [0.1, 0.15) is 5.82 Å². The lowest BCUT2D eigenvalue weighted by Gasteiger charge is -2.12. The molecule has 0 saturated carbocycles.